The van der Waals surface area contributed by atoms with Gasteiger partial charge in [0.1, 0.15) is 0 Å². The first-order valence-electron chi connectivity index (χ1n) is 9.09. The van der Waals surface area contributed by atoms with Crippen molar-refractivity contribution in [3.63, 3.8) is 0 Å². The van der Waals surface area contributed by atoms with E-state index in [1.165, 1.54) is 0 Å². The van der Waals surface area contributed by atoms with E-state index in [2.05, 4.69) is 20.8 Å². The number of tetrazole rings is 1. The summed E-state index contributed by atoms with van der Waals surface area (Å²) in [6.07, 6.45) is 1.30. The number of esters is 1. The second-order valence-corrected chi connectivity index (χ2v) is 6.47. The van der Waals surface area contributed by atoms with Gasteiger partial charge >= 0.3 is 5.97 Å². The molecule has 2 heterocycles. The van der Waals surface area contributed by atoms with Crippen LogP contribution in [0.1, 0.15) is 19.8 Å². The van der Waals surface area contributed by atoms with Crippen molar-refractivity contribution in [1.29, 1.82) is 0 Å². The van der Waals surface area contributed by atoms with Crippen molar-refractivity contribution in [3.8, 4) is 11.4 Å². The summed E-state index contributed by atoms with van der Waals surface area (Å²) in [6.45, 7) is 3.55. The quantitative estimate of drug-likeness (QED) is 0.757. The highest BCUT2D eigenvalue weighted by Crippen LogP contribution is 2.21. The molecule has 1 N–H and O–H groups in total. The molecule has 0 radical (unpaired) electrons. The van der Waals surface area contributed by atoms with Gasteiger partial charge in [0.25, 0.3) is 0 Å². The van der Waals surface area contributed by atoms with E-state index >= 15 is 0 Å². The lowest BCUT2D eigenvalue weighted by atomic mass is 9.97. The molecule has 1 amide bonds. The highest BCUT2D eigenvalue weighted by atomic mass is 16.5. The number of amides is 1. The van der Waals surface area contributed by atoms with Crippen LogP contribution < -0.4 is 5.32 Å². The van der Waals surface area contributed by atoms with Crippen LogP contribution in [-0.2, 0) is 21.4 Å². The van der Waals surface area contributed by atoms with Gasteiger partial charge in [-0.25, -0.2) is 4.68 Å². The molecule has 0 bridgehead atoms. The van der Waals surface area contributed by atoms with Crippen molar-refractivity contribution in [1.82, 2.24) is 25.1 Å². The van der Waals surface area contributed by atoms with E-state index in [0.717, 1.165) is 11.3 Å². The van der Waals surface area contributed by atoms with Gasteiger partial charge in [0.2, 0.25) is 5.91 Å². The van der Waals surface area contributed by atoms with E-state index in [9.17, 15) is 9.59 Å². The first-order chi connectivity index (χ1) is 13.1. The van der Waals surface area contributed by atoms with Crippen LogP contribution in [0.15, 0.2) is 24.3 Å². The standard InChI is InChI=1S/C18H24N6O3/c1-3-27-18(26)13-7-9-24(10-8-13)16(25)12-19-15-6-4-5-14(11-15)17-20-21-22-23(17)2/h4-6,11,13,19H,3,7-10,12H2,1-2H3. The van der Waals surface area contributed by atoms with Gasteiger partial charge in [-0.3, -0.25) is 9.59 Å². The lowest BCUT2D eigenvalue weighted by Crippen LogP contribution is -2.43. The van der Waals surface area contributed by atoms with Crippen molar-refractivity contribution >= 4 is 17.6 Å². The number of carbonyl (C=O) groups is 2. The van der Waals surface area contributed by atoms with Gasteiger partial charge in [0.15, 0.2) is 5.82 Å². The van der Waals surface area contributed by atoms with Gasteiger partial charge in [0.05, 0.1) is 19.1 Å². The van der Waals surface area contributed by atoms with Crippen molar-refractivity contribution in [3.05, 3.63) is 24.3 Å². The maximum Gasteiger partial charge on any atom is 0.309 e. The second kappa shape index (κ2) is 8.61. The van der Waals surface area contributed by atoms with Gasteiger partial charge in [0, 0.05) is 31.4 Å². The number of piperidine rings is 1. The summed E-state index contributed by atoms with van der Waals surface area (Å²) in [5, 5.41) is 14.6. The van der Waals surface area contributed by atoms with E-state index in [0.29, 0.717) is 38.4 Å². The third-order valence-corrected chi connectivity index (χ3v) is 4.65. The Labute approximate surface area is 157 Å². The lowest BCUT2D eigenvalue weighted by Gasteiger charge is -2.31. The molecule has 27 heavy (non-hydrogen) atoms. The zero-order chi connectivity index (χ0) is 19.2. The van der Waals surface area contributed by atoms with Crippen LogP contribution in [0.5, 0.6) is 0 Å². The number of ether oxygens (including phenoxy) is 1. The minimum absolute atomic E-state index is 0.0167. The maximum absolute atomic E-state index is 12.5. The molecule has 9 heteroatoms. The van der Waals surface area contributed by atoms with Gasteiger partial charge in [-0.2, -0.15) is 0 Å². The number of nitrogens with zero attached hydrogens (tertiary/aromatic N) is 5. The summed E-state index contributed by atoms with van der Waals surface area (Å²) in [4.78, 5) is 26.0. The molecule has 144 valence electrons. The third kappa shape index (κ3) is 4.60. The van der Waals surface area contributed by atoms with Crippen LogP contribution >= 0.6 is 0 Å². The number of anilines is 1. The number of rotatable bonds is 6. The Morgan fingerprint density at radius 3 is 2.74 bits per heavy atom. The Balaban J connectivity index is 1.51. The molecular weight excluding hydrogens is 348 g/mol. The fourth-order valence-corrected chi connectivity index (χ4v) is 3.16. The number of aryl methyl sites for hydroxylation is 1. The third-order valence-electron chi connectivity index (χ3n) is 4.65. The molecule has 3 rings (SSSR count). The molecule has 1 aromatic heterocycles. The van der Waals surface area contributed by atoms with Crippen LogP contribution in [0.3, 0.4) is 0 Å². The number of carbonyl (C=O) groups excluding carboxylic acids is 2. The fraction of sp³-hybridized carbons (Fsp3) is 0.500. The van der Waals surface area contributed by atoms with Crippen LogP contribution in [0.2, 0.25) is 0 Å². The molecule has 0 spiro atoms. The Bertz CT molecular complexity index is 798. The average Bonchev–Trinajstić information content (AvgIpc) is 3.12. The van der Waals surface area contributed by atoms with E-state index in [4.69, 9.17) is 4.74 Å². The SMILES string of the molecule is CCOC(=O)C1CCN(C(=O)CNc2cccc(-c3nnnn3C)c2)CC1. The Hall–Kier alpha value is -2.97. The topological polar surface area (TPSA) is 102 Å². The maximum atomic E-state index is 12.5. The molecule has 1 saturated heterocycles. The Morgan fingerprint density at radius 2 is 2.07 bits per heavy atom. The highest BCUT2D eigenvalue weighted by Gasteiger charge is 2.27. The van der Waals surface area contributed by atoms with Crippen molar-refractivity contribution < 1.29 is 14.3 Å². The van der Waals surface area contributed by atoms with Crippen molar-refractivity contribution in [2.24, 2.45) is 13.0 Å². The minimum Gasteiger partial charge on any atom is -0.466 e. The summed E-state index contributed by atoms with van der Waals surface area (Å²) in [6, 6.07) is 7.61. The summed E-state index contributed by atoms with van der Waals surface area (Å²) >= 11 is 0. The number of hydrogen-bond donors (Lipinski definition) is 1. The van der Waals surface area contributed by atoms with Crippen molar-refractivity contribution in [2.45, 2.75) is 19.8 Å². The molecule has 0 saturated carbocycles. The summed E-state index contributed by atoms with van der Waals surface area (Å²) in [7, 11) is 1.78. The van der Waals surface area contributed by atoms with Crippen LogP contribution in [-0.4, -0.2) is 63.2 Å². The van der Waals surface area contributed by atoms with E-state index in [1.807, 2.05) is 24.3 Å². The number of likely N-dealkylation sites (tertiary alicyclic amines) is 1. The predicted molar refractivity (Wildman–Crippen MR) is 98.7 cm³/mol. The molecule has 1 aromatic carbocycles. The first kappa shape index (κ1) is 18.8. The molecule has 1 fully saturated rings. The largest absolute Gasteiger partial charge is 0.466 e. The zero-order valence-corrected chi connectivity index (χ0v) is 15.6. The van der Waals surface area contributed by atoms with Gasteiger partial charge in [-0.15, -0.1) is 5.10 Å². The molecular formula is C18H24N6O3. The van der Waals surface area contributed by atoms with E-state index < -0.39 is 0 Å². The highest BCUT2D eigenvalue weighted by molar-refractivity contribution is 5.81. The van der Waals surface area contributed by atoms with Crippen LogP contribution in [0.25, 0.3) is 11.4 Å². The molecule has 1 aliphatic heterocycles. The van der Waals surface area contributed by atoms with E-state index in [1.54, 1.807) is 23.6 Å². The monoisotopic (exact) mass is 372 g/mol. The first-order valence-corrected chi connectivity index (χ1v) is 9.09. The molecule has 9 nitrogen and oxygen atoms in total. The average molecular weight is 372 g/mol. The second-order valence-electron chi connectivity index (χ2n) is 6.47. The normalized spacial score (nSPS) is 14.8. The zero-order valence-electron chi connectivity index (χ0n) is 15.6. The molecule has 2 aromatic rings. The predicted octanol–water partition coefficient (Wildman–Crippen LogP) is 1.09. The summed E-state index contributed by atoms with van der Waals surface area (Å²) in [5.41, 5.74) is 1.69. The summed E-state index contributed by atoms with van der Waals surface area (Å²) in [5.74, 6) is 0.422. The smallest absolute Gasteiger partial charge is 0.309 e. The van der Waals surface area contributed by atoms with Gasteiger partial charge in [-0.05, 0) is 42.3 Å². The van der Waals surface area contributed by atoms with Crippen molar-refractivity contribution in [2.75, 3.05) is 31.6 Å². The Morgan fingerprint density at radius 1 is 1.30 bits per heavy atom. The van der Waals surface area contributed by atoms with Crippen LogP contribution in [0.4, 0.5) is 5.69 Å². The van der Waals surface area contributed by atoms with E-state index in [-0.39, 0.29) is 24.3 Å². The fourth-order valence-electron chi connectivity index (χ4n) is 3.16. The summed E-state index contributed by atoms with van der Waals surface area (Å²) < 4.78 is 6.66. The lowest BCUT2D eigenvalue weighted by molar-refractivity contribution is -0.151. The Kier molecular flexibility index (Phi) is 6.00. The molecule has 1 aliphatic rings. The molecule has 0 atom stereocenters. The number of hydrogen-bond acceptors (Lipinski definition) is 7. The number of benzene rings is 1. The van der Waals surface area contributed by atoms with Gasteiger partial charge in [-0.1, -0.05) is 12.1 Å². The number of aromatic nitrogens is 4. The van der Waals surface area contributed by atoms with Crippen LogP contribution in [0, 0.1) is 5.92 Å². The number of nitrogens with one attached hydrogen (secondary N) is 1. The molecule has 0 unspecified atom stereocenters. The minimum atomic E-state index is -0.155. The molecule has 0 aliphatic carbocycles. The van der Waals surface area contributed by atoms with Gasteiger partial charge < -0.3 is 15.0 Å².